The second-order valence-corrected chi connectivity index (χ2v) is 5.05. The zero-order valence-corrected chi connectivity index (χ0v) is 12.0. The molecule has 6 nitrogen and oxygen atoms in total. The highest BCUT2D eigenvalue weighted by molar-refractivity contribution is 5.74. The minimum atomic E-state index is -0.914. The summed E-state index contributed by atoms with van der Waals surface area (Å²) in [5.41, 5.74) is 2.68. The van der Waals surface area contributed by atoms with Crippen LogP contribution in [0.25, 0.3) is 0 Å². The van der Waals surface area contributed by atoms with Crippen molar-refractivity contribution in [3.8, 4) is 0 Å². The fourth-order valence-corrected chi connectivity index (χ4v) is 2.46. The number of amides is 2. The number of nitrogens with one attached hydrogen (secondary N) is 2. The van der Waals surface area contributed by atoms with Gasteiger partial charge in [-0.3, -0.25) is 4.79 Å². The number of aliphatic carboxylic acids is 1. The fraction of sp³-hybridized carbons (Fsp3) is 0.467. The maximum absolute atomic E-state index is 11.4. The van der Waals surface area contributed by atoms with E-state index < -0.39 is 5.97 Å². The van der Waals surface area contributed by atoms with Crippen molar-refractivity contribution >= 4 is 17.7 Å². The molecule has 0 fully saturated rings. The number of anilines is 1. The number of carboxylic acid groups (broad SMARTS) is 1. The van der Waals surface area contributed by atoms with E-state index in [9.17, 15) is 9.59 Å². The van der Waals surface area contributed by atoms with Crippen molar-refractivity contribution < 1.29 is 14.7 Å². The van der Waals surface area contributed by atoms with Crippen molar-refractivity contribution in [1.29, 1.82) is 0 Å². The molecule has 1 aromatic carbocycles. The van der Waals surface area contributed by atoms with Crippen LogP contribution in [0.3, 0.4) is 0 Å². The van der Waals surface area contributed by atoms with E-state index in [-0.39, 0.29) is 19.0 Å². The molecule has 0 saturated heterocycles. The topological polar surface area (TPSA) is 81.7 Å². The smallest absolute Gasteiger partial charge is 0.314 e. The van der Waals surface area contributed by atoms with Crippen molar-refractivity contribution in [3.63, 3.8) is 0 Å². The van der Waals surface area contributed by atoms with Gasteiger partial charge in [-0.05, 0) is 24.5 Å². The lowest BCUT2D eigenvalue weighted by Gasteiger charge is -2.19. The SMILES string of the molecule is O=C(O)CCNC(=O)NCCCN1CCc2ccccc21. The van der Waals surface area contributed by atoms with E-state index >= 15 is 0 Å². The van der Waals surface area contributed by atoms with Gasteiger partial charge in [0.25, 0.3) is 0 Å². The van der Waals surface area contributed by atoms with Gasteiger partial charge in [-0.25, -0.2) is 4.79 Å². The first-order chi connectivity index (χ1) is 10.2. The Hall–Kier alpha value is -2.24. The number of para-hydroxylation sites is 1. The largest absolute Gasteiger partial charge is 0.481 e. The molecule has 1 aliphatic rings. The first kappa shape index (κ1) is 15.2. The Morgan fingerprint density at radius 1 is 1.19 bits per heavy atom. The van der Waals surface area contributed by atoms with Gasteiger partial charge in [-0.15, -0.1) is 0 Å². The Bertz CT molecular complexity index is 505. The molecule has 0 unspecified atom stereocenters. The Balaban J connectivity index is 1.60. The lowest BCUT2D eigenvalue weighted by Crippen LogP contribution is -2.38. The molecule has 0 spiro atoms. The molecule has 1 aromatic rings. The van der Waals surface area contributed by atoms with Crippen LogP contribution in [0.4, 0.5) is 10.5 Å². The van der Waals surface area contributed by atoms with Crippen molar-refractivity contribution in [2.24, 2.45) is 0 Å². The zero-order valence-electron chi connectivity index (χ0n) is 12.0. The summed E-state index contributed by atoms with van der Waals surface area (Å²) in [4.78, 5) is 24.0. The summed E-state index contributed by atoms with van der Waals surface area (Å²) < 4.78 is 0. The number of hydrogen-bond acceptors (Lipinski definition) is 3. The lowest BCUT2D eigenvalue weighted by atomic mass is 10.2. The molecule has 3 N–H and O–H groups in total. The van der Waals surface area contributed by atoms with Crippen LogP contribution in [-0.4, -0.2) is 43.3 Å². The third-order valence-electron chi connectivity index (χ3n) is 3.50. The quantitative estimate of drug-likeness (QED) is 0.660. The van der Waals surface area contributed by atoms with Gasteiger partial charge in [0, 0.05) is 31.9 Å². The van der Waals surface area contributed by atoms with Crippen LogP contribution < -0.4 is 15.5 Å². The molecule has 0 bridgehead atoms. The number of fused-ring (bicyclic) bond motifs is 1. The number of carboxylic acids is 1. The number of hydrogen-bond donors (Lipinski definition) is 3. The molecule has 0 radical (unpaired) electrons. The fourth-order valence-electron chi connectivity index (χ4n) is 2.46. The number of carbonyl (C=O) groups is 2. The molecule has 2 rings (SSSR count). The van der Waals surface area contributed by atoms with Crippen LogP contribution in [0.1, 0.15) is 18.4 Å². The van der Waals surface area contributed by atoms with Gasteiger partial charge in [-0.2, -0.15) is 0 Å². The average molecular weight is 291 g/mol. The molecule has 114 valence electrons. The highest BCUT2D eigenvalue weighted by Gasteiger charge is 2.17. The summed E-state index contributed by atoms with van der Waals surface area (Å²) >= 11 is 0. The molecular formula is C15H21N3O3. The molecule has 0 aromatic heterocycles. The maximum Gasteiger partial charge on any atom is 0.314 e. The van der Waals surface area contributed by atoms with Crippen LogP contribution in [-0.2, 0) is 11.2 Å². The normalized spacial score (nSPS) is 12.9. The van der Waals surface area contributed by atoms with Gasteiger partial charge < -0.3 is 20.6 Å². The third-order valence-corrected chi connectivity index (χ3v) is 3.50. The molecule has 21 heavy (non-hydrogen) atoms. The van der Waals surface area contributed by atoms with E-state index in [1.165, 1.54) is 11.3 Å². The maximum atomic E-state index is 11.4. The summed E-state index contributed by atoms with van der Waals surface area (Å²) in [6.45, 7) is 2.68. The van der Waals surface area contributed by atoms with E-state index in [0.717, 1.165) is 25.9 Å². The number of benzene rings is 1. The molecular weight excluding hydrogens is 270 g/mol. The Morgan fingerprint density at radius 3 is 2.76 bits per heavy atom. The lowest BCUT2D eigenvalue weighted by molar-refractivity contribution is -0.136. The Kier molecular flexibility index (Phi) is 5.43. The van der Waals surface area contributed by atoms with Gasteiger partial charge in [0.1, 0.15) is 0 Å². The predicted molar refractivity (Wildman–Crippen MR) is 80.6 cm³/mol. The molecule has 6 heteroatoms. The molecule has 2 amide bonds. The standard InChI is InChI=1S/C15H21N3O3/c19-14(20)6-9-17-15(21)16-8-3-10-18-11-7-12-4-1-2-5-13(12)18/h1-2,4-5H,3,6-11H2,(H,19,20)(H2,16,17,21). The average Bonchev–Trinajstić information content (AvgIpc) is 2.86. The van der Waals surface area contributed by atoms with Crippen molar-refractivity contribution in [1.82, 2.24) is 10.6 Å². The number of carbonyl (C=O) groups excluding carboxylic acids is 1. The first-order valence-corrected chi connectivity index (χ1v) is 7.23. The second kappa shape index (κ2) is 7.52. The van der Waals surface area contributed by atoms with Crippen LogP contribution in [0.5, 0.6) is 0 Å². The molecule has 0 saturated carbocycles. The van der Waals surface area contributed by atoms with Crippen LogP contribution in [0, 0.1) is 0 Å². The predicted octanol–water partition coefficient (Wildman–Crippen LogP) is 1.21. The van der Waals surface area contributed by atoms with Crippen LogP contribution in [0.2, 0.25) is 0 Å². The van der Waals surface area contributed by atoms with E-state index in [2.05, 4.69) is 33.7 Å². The summed E-state index contributed by atoms with van der Waals surface area (Å²) in [5, 5.41) is 13.7. The summed E-state index contributed by atoms with van der Waals surface area (Å²) in [6, 6.07) is 8.09. The Morgan fingerprint density at radius 2 is 1.95 bits per heavy atom. The van der Waals surface area contributed by atoms with Crippen LogP contribution >= 0.6 is 0 Å². The van der Waals surface area contributed by atoms with Gasteiger partial charge in [0.15, 0.2) is 0 Å². The molecule has 0 aliphatic carbocycles. The van der Waals surface area contributed by atoms with Gasteiger partial charge in [0.2, 0.25) is 0 Å². The highest BCUT2D eigenvalue weighted by Crippen LogP contribution is 2.27. The van der Waals surface area contributed by atoms with Gasteiger partial charge >= 0.3 is 12.0 Å². The van der Waals surface area contributed by atoms with Gasteiger partial charge in [0.05, 0.1) is 6.42 Å². The monoisotopic (exact) mass is 291 g/mol. The zero-order chi connectivity index (χ0) is 15.1. The minimum absolute atomic E-state index is 0.0576. The number of nitrogens with zero attached hydrogens (tertiary/aromatic N) is 1. The Labute approximate surface area is 124 Å². The molecule has 0 atom stereocenters. The van der Waals surface area contributed by atoms with E-state index in [1.807, 2.05) is 6.07 Å². The minimum Gasteiger partial charge on any atom is -0.481 e. The first-order valence-electron chi connectivity index (χ1n) is 7.23. The highest BCUT2D eigenvalue weighted by atomic mass is 16.4. The number of urea groups is 1. The van der Waals surface area contributed by atoms with Gasteiger partial charge in [-0.1, -0.05) is 18.2 Å². The molecule has 1 heterocycles. The summed E-state index contributed by atoms with van der Waals surface area (Å²) in [6.07, 6.45) is 1.89. The van der Waals surface area contributed by atoms with E-state index in [0.29, 0.717) is 6.54 Å². The van der Waals surface area contributed by atoms with Crippen molar-refractivity contribution in [2.75, 3.05) is 31.1 Å². The van der Waals surface area contributed by atoms with Crippen molar-refractivity contribution in [2.45, 2.75) is 19.3 Å². The van der Waals surface area contributed by atoms with Crippen LogP contribution in [0.15, 0.2) is 24.3 Å². The number of rotatable bonds is 7. The molecule has 1 aliphatic heterocycles. The second-order valence-electron chi connectivity index (χ2n) is 5.05. The third kappa shape index (κ3) is 4.66. The summed E-state index contributed by atoms with van der Waals surface area (Å²) in [5.74, 6) is -0.914. The van der Waals surface area contributed by atoms with E-state index in [4.69, 9.17) is 5.11 Å². The van der Waals surface area contributed by atoms with Crippen molar-refractivity contribution in [3.05, 3.63) is 29.8 Å². The summed E-state index contributed by atoms with van der Waals surface area (Å²) in [7, 11) is 0. The van der Waals surface area contributed by atoms with E-state index in [1.54, 1.807) is 0 Å².